The van der Waals surface area contributed by atoms with Gasteiger partial charge in [0.15, 0.2) is 5.69 Å². The smallest absolute Gasteiger partial charge is 0.360 e. The van der Waals surface area contributed by atoms with Gasteiger partial charge in [-0.05, 0) is 40.9 Å². The van der Waals surface area contributed by atoms with Crippen molar-refractivity contribution in [2.45, 2.75) is 26.3 Å². The molecule has 1 rings (SSSR count). The summed E-state index contributed by atoms with van der Waals surface area (Å²) in [5, 5.41) is 0. The summed E-state index contributed by atoms with van der Waals surface area (Å²) in [6.07, 6.45) is 0.939. The van der Waals surface area contributed by atoms with Gasteiger partial charge in [0, 0.05) is 6.04 Å². The number of rotatable bonds is 5. The van der Waals surface area contributed by atoms with Crippen LogP contribution in [0.5, 0.6) is 0 Å². The van der Waals surface area contributed by atoms with Gasteiger partial charge in [0.2, 0.25) is 0 Å². The minimum Gasteiger partial charge on any atom is -0.464 e. The van der Waals surface area contributed by atoms with E-state index in [4.69, 9.17) is 5.73 Å². The maximum absolute atomic E-state index is 11.5. The average molecular weight is 254 g/mol. The Morgan fingerprint density at radius 1 is 1.56 bits per heavy atom. The lowest BCUT2D eigenvalue weighted by atomic mass is 10.2. The monoisotopic (exact) mass is 254 g/mol. The predicted octanol–water partition coefficient (Wildman–Crippen LogP) is 1.07. The molecule has 0 aliphatic carbocycles. The quantitative estimate of drug-likeness (QED) is 0.796. The number of esters is 1. The molecule has 0 aromatic carbocycles. The summed E-state index contributed by atoms with van der Waals surface area (Å²) >= 11 is 0. The molecule has 1 aromatic rings. The van der Waals surface area contributed by atoms with Crippen molar-refractivity contribution in [3.8, 4) is 0 Å². The Bertz CT molecular complexity index is 426. The number of carbonyl (C=O) groups excluding carboxylic acids is 1. The lowest BCUT2D eigenvalue weighted by Gasteiger charge is -2.19. The number of nitrogen functional groups attached to an aromatic ring is 1. The van der Waals surface area contributed by atoms with E-state index in [0.717, 1.165) is 18.8 Å². The van der Waals surface area contributed by atoms with E-state index in [1.54, 1.807) is 0 Å². The fraction of sp³-hybridized carbons (Fsp3) is 0.667. The van der Waals surface area contributed by atoms with E-state index in [0.29, 0.717) is 5.82 Å². The highest BCUT2D eigenvalue weighted by molar-refractivity contribution is 5.92. The summed E-state index contributed by atoms with van der Waals surface area (Å²) in [7, 11) is 5.37. The Labute approximate surface area is 108 Å². The van der Waals surface area contributed by atoms with E-state index >= 15 is 0 Å². The SMILES string of the molecule is COC(=O)c1nc(C)n(C(C)CCN(C)C)c1N. The summed E-state index contributed by atoms with van der Waals surface area (Å²) in [6.45, 7) is 4.86. The maximum atomic E-state index is 11.5. The zero-order valence-electron chi connectivity index (χ0n) is 11.7. The van der Waals surface area contributed by atoms with Gasteiger partial charge in [-0.3, -0.25) is 0 Å². The zero-order chi connectivity index (χ0) is 13.9. The van der Waals surface area contributed by atoms with Crippen molar-refractivity contribution in [3.63, 3.8) is 0 Å². The highest BCUT2D eigenvalue weighted by Crippen LogP contribution is 2.22. The number of hydrogen-bond donors (Lipinski definition) is 1. The molecule has 1 atom stereocenters. The predicted molar refractivity (Wildman–Crippen MR) is 70.6 cm³/mol. The number of nitrogens with zero attached hydrogens (tertiary/aromatic N) is 3. The van der Waals surface area contributed by atoms with E-state index in [1.165, 1.54) is 7.11 Å². The van der Waals surface area contributed by atoms with Gasteiger partial charge in [0.25, 0.3) is 0 Å². The standard InChI is InChI=1S/C12H22N4O2/c1-8(6-7-15(3)4)16-9(2)14-10(11(16)13)12(17)18-5/h8H,6-7,13H2,1-5H3. The average Bonchev–Trinajstić information content (AvgIpc) is 2.61. The van der Waals surface area contributed by atoms with Crippen LogP contribution in [0.3, 0.4) is 0 Å². The normalized spacial score (nSPS) is 12.8. The number of hydrogen-bond acceptors (Lipinski definition) is 5. The molecule has 6 nitrogen and oxygen atoms in total. The third-order valence-corrected chi connectivity index (χ3v) is 2.94. The van der Waals surface area contributed by atoms with Crippen molar-refractivity contribution in [3.05, 3.63) is 11.5 Å². The van der Waals surface area contributed by atoms with Crippen LogP contribution in [0.15, 0.2) is 0 Å². The number of ether oxygens (including phenoxy) is 1. The topological polar surface area (TPSA) is 73.4 Å². The molecular formula is C12H22N4O2. The fourth-order valence-corrected chi connectivity index (χ4v) is 1.94. The number of anilines is 1. The highest BCUT2D eigenvalue weighted by atomic mass is 16.5. The van der Waals surface area contributed by atoms with Gasteiger partial charge in [-0.1, -0.05) is 0 Å². The van der Waals surface area contributed by atoms with Gasteiger partial charge in [0.05, 0.1) is 7.11 Å². The molecule has 2 N–H and O–H groups in total. The molecule has 0 radical (unpaired) electrons. The second-order valence-electron chi connectivity index (χ2n) is 4.70. The number of methoxy groups -OCH3 is 1. The largest absolute Gasteiger partial charge is 0.464 e. The Kier molecular flexibility index (Phi) is 4.72. The van der Waals surface area contributed by atoms with Crippen molar-refractivity contribution in [1.82, 2.24) is 14.5 Å². The van der Waals surface area contributed by atoms with Gasteiger partial charge in [-0.25, -0.2) is 9.78 Å². The minimum atomic E-state index is -0.492. The molecule has 0 saturated heterocycles. The van der Waals surface area contributed by atoms with Crippen LogP contribution in [-0.2, 0) is 4.74 Å². The van der Waals surface area contributed by atoms with Crippen molar-refractivity contribution in [1.29, 1.82) is 0 Å². The molecule has 0 fully saturated rings. The summed E-state index contributed by atoms with van der Waals surface area (Å²) in [5.41, 5.74) is 6.17. The lowest BCUT2D eigenvalue weighted by molar-refractivity contribution is 0.0595. The fourth-order valence-electron chi connectivity index (χ4n) is 1.94. The van der Waals surface area contributed by atoms with Crippen molar-refractivity contribution < 1.29 is 9.53 Å². The molecule has 0 bridgehead atoms. The number of aryl methyl sites for hydroxylation is 1. The van der Waals surface area contributed by atoms with Crippen molar-refractivity contribution in [2.24, 2.45) is 0 Å². The number of imidazole rings is 1. The van der Waals surface area contributed by atoms with E-state index in [-0.39, 0.29) is 11.7 Å². The second-order valence-corrected chi connectivity index (χ2v) is 4.70. The maximum Gasteiger partial charge on any atom is 0.360 e. The number of nitrogens with two attached hydrogens (primary N) is 1. The van der Waals surface area contributed by atoms with E-state index in [2.05, 4.69) is 21.5 Å². The van der Waals surface area contributed by atoms with Gasteiger partial charge >= 0.3 is 5.97 Å². The lowest BCUT2D eigenvalue weighted by Crippen LogP contribution is -2.19. The minimum absolute atomic E-state index is 0.193. The molecule has 0 aliphatic rings. The first kappa shape index (κ1) is 14.5. The summed E-state index contributed by atoms with van der Waals surface area (Å²) in [5.74, 6) is 0.624. The molecule has 0 saturated carbocycles. The summed E-state index contributed by atoms with van der Waals surface area (Å²) in [6, 6.07) is 0.193. The van der Waals surface area contributed by atoms with Crippen molar-refractivity contribution in [2.75, 3.05) is 33.5 Å². The Morgan fingerprint density at radius 2 is 2.17 bits per heavy atom. The number of aromatic nitrogens is 2. The van der Waals surface area contributed by atoms with Crippen LogP contribution in [0, 0.1) is 6.92 Å². The van der Waals surface area contributed by atoms with Gasteiger partial charge < -0.3 is 19.9 Å². The van der Waals surface area contributed by atoms with Crippen LogP contribution in [0.1, 0.15) is 35.7 Å². The van der Waals surface area contributed by atoms with E-state index in [9.17, 15) is 4.79 Å². The summed E-state index contributed by atoms with van der Waals surface area (Å²) < 4.78 is 6.55. The Balaban J connectivity index is 2.95. The highest BCUT2D eigenvalue weighted by Gasteiger charge is 2.21. The van der Waals surface area contributed by atoms with Crippen LogP contribution in [0.2, 0.25) is 0 Å². The third-order valence-electron chi connectivity index (χ3n) is 2.94. The zero-order valence-corrected chi connectivity index (χ0v) is 11.7. The van der Waals surface area contributed by atoms with Crippen LogP contribution >= 0.6 is 0 Å². The molecule has 1 heterocycles. The van der Waals surface area contributed by atoms with Gasteiger partial charge in [-0.2, -0.15) is 0 Å². The third kappa shape index (κ3) is 3.01. The van der Waals surface area contributed by atoms with Crippen LogP contribution in [-0.4, -0.2) is 48.2 Å². The molecule has 6 heteroatoms. The Hall–Kier alpha value is -1.56. The first-order chi connectivity index (χ1) is 8.38. The second kappa shape index (κ2) is 5.86. The molecule has 0 aliphatic heterocycles. The number of carbonyl (C=O) groups is 1. The molecular weight excluding hydrogens is 232 g/mol. The first-order valence-electron chi connectivity index (χ1n) is 5.95. The molecule has 0 amide bonds. The molecule has 1 aromatic heterocycles. The summed E-state index contributed by atoms with van der Waals surface area (Å²) in [4.78, 5) is 17.8. The molecule has 18 heavy (non-hydrogen) atoms. The molecule has 0 spiro atoms. The van der Waals surface area contributed by atoms with E-state index < -0.39 is 5.97 Å². The van der Waals surface area contributed by atoms with Gasteiger partial charge in [-0.15, -0.1) is 0 Å². The van der Waals surface area contributed by atoms with Crippen LogP contribution in [0.4, 0.5) is 5.82 Å². The van der Waals surface area contributed by atoms with Crippen molar-refractivity contribution >= 4 is 11.8 Å². The van der Waals surface area contributed by atoms with Gasteiger partial charge in [0.1, 0.15) is 11.6 Å². The first-order valence-corrected chi connectivity index (χ1v) is 5.95. The molecule has 102 valence electrons. The van der Waals surface area contributed by atoms with Crippen LogP contribution < -0.4 is 5.73 Å². The molecule has 1 unspecified atom stereocenters. The van der Waals surface area contributed by atoms with E-state index in [1.807, 2.05) is 25.6 Å². The Morgan fingerprint density at radius 3 is 2.67 bits per heavy atom. The van der Waals surface area contributed by atoms with Crippen LogP contribution in [0.25, 0.3) is 0 Å².